The maximum absolute atomic E-state index is 10.0. The van der Waals surface area contributed by atoms with Gasteiger partial charge in [-0.2, -0.15) is 0 Å². The number of benzene rings is 1. The summed E-state index contributed by atoms with van der Waals surface area (Å²) in [7, 11) is 0. The highest BCUT2D eigenvalue weighted by molar-refractivity contribution is 5.95. The zero-order valence-electron chi connectivity index (χ0n) is 15.7. The molecule has 5 nitrogen and oxygen atoms in total. The first-order chi connectivity index (χ1) is 13.2. The molecule has 27 heavy (non-hydrogen) atoms. The third-order valence-corrected chi connectivity index (χ3v) is 6.57. The number of aliphatic imine (C=N–C) groups is 1. The van der Waals surface area contributed by atoms with Crippen LogP contribution in [0.2, 0.25) is 0 Å². The van der Waals surface area contributed by atoms with Crippen LogP contribution in [0.15, 0.2) is 17.1 Å². The predicted octanol–water partition coefficient (Wildman–Crippen LogP) is 4.10. The average Bonchev–Trinajstić information content (AvgIpc) is 3.07. The van der Waals surface area contributed by atoms with Gasteiger partial charge in [0.1, 0.15) is 0 Å². The highest BCUT2D eigenvalue weighted by Gasteiger charge is 2.29. The number of likely N-dealkylation sites (tertiary alicyclic amines) is 1. The molecule has 142 valence electrons. The normalized spacial score (nSPS) is 23.8. The standard InChI is InChI=1S/C22H27N3O2/c26-20-10-17-19(11-21(20)27)24-18-8-2-7-16(18)22(17)23-12-14-4-3-9-25(13-14)15-5-1-6-15/h10-12,14-15,26-27H,1-9,13H2/b23-12-. The van der Waals surface area contributed by atoms with Crippen LogP contribution in [-0.4, -0.2) is 45.4 Å². The molecular formula is C22H27N3O2. The summed E-state index contributed by atoms with van der Waals surface area (Å²) in [6.45, 7) is 2.35. The quantitative estimate of drug-likeness (QED) is 0.635. The molecule has 2 heterocycles. The zero-order chi connectivity index (χ0) is 18.4. The van der Waals surface area contributed by atoms with Gasteiger partial charge in [-0.05, 0) is 63.1 Å². The Morgan fingerprint density at radius 3 is 2.70 bits per heavy atom. The first-order valence-corrected chi connectivity index (χ1v) is 10.3. The Bertz CT molecular complexity index is 904. The van der Waals surface area contributed by atoms with Crippen LogP contribution < -0.4 is 0 Å². The predicted molar refractivity (Wildman–Crippen MR) is 107 cm³/mol. The monoisotopic (exact) mass is 365 g/mol. The molecule has 0 amide bonds. The molecule has 1 aromatic heterocycles. The number of fused-ring (bicyclic) bond motifs is 2. The number of piperidine rings is 1. The molecule has 2 aromatic rings. The van der Waals surface area contributed by atoms with Crippen LogP contribution >= 0.6 is 0 Å². The van der Waals surface area contributed by atoms with Crippen LogP contribution in [0.1, 0.15) is 49.8 Å². The fraction of sp³-hybridized carbons (Fsp3) is 0.545. The number of hydrogen-bond donors (Lipinski definition) is 2. The van der Waals surface area contributed by atoms with Gasteiger partial charge in [-0.15, -0.1) is 0 Å². The van der Waals surface area contributed by atoms with Gasteiger partial charge < -0.3 is 10.2 Å². The van der Waals surface area contributed by atoms with E-state index in [4.69, 9.17) is 9.98 Å². The van der Waals surface area contributed by atoms with E-state index in [1.807, 2.05) is 0 Å². The van der Waals surface area contributed by atoms with Crippen LogP contribution in [0, 0.1) is 5.92 Å². The number of hydrogen-bond acceptors (Lipinski definition) is 5. The lowest BCUT2D eigenvalue weighted by molar-refractivity contribution is 0.0931. The van der Waals surface area contributed by atoms with E-state index in [-0.39, 0.29) is 11.5 Å². The van der Waals surface area contributed by atoms with Crippen molar-refractivity contribution in [2.75, 3.05) is 13.1 Å². The van der Waals surface area contributed by atoms with Gasteiger partial charge in [-0.3, -0.25) is 14.9 Å². The number of aryl methyl sites for hydroxylation is 1. The van der Waals surface area contributed by atoms with Crippen molar-refractivity contribution < 1.29 is 10.2 Å². The van der Waals surface area contributed by atoms with Gasteiger partial charge in [0.05, 0.1) is 11.2 Å². The van der Waals surface area contributed by atoms with Crippen molar-refractivity contribution in [2.45, 2.75) is 57.4 Å². The molecule has 1 aliphatic heterocycles. The molecule has 0 spiro atoms. The van der Waals surface area contributed by atoms with Crippen molar-refractivity contribution in [3.63, 3.8) is 0 Å². The Kier molecular flexibility index (Phi) is 4.27. The fourth-order valence-corrected chi connectivity index (χ4v) is 4.84. The summed E-state index contributed by atoms with van der Waals surface area (Å²) in [5.41, 5.74) is 3.98. The average molecular weight is 365 g/mol. The molecule has 1 atom stereocenters. The van der Waals surface area contributed by atoms with Gasteiger partial charge in [-0.1, -0.05) is 6.42 Å². The largest absolute Gasteiger partial charge is 0.504 e. The van der Waals surface area contributed by atoms with Crippen LogP contribution in [-0.2, 0) is 12.8 Å². The molecule has 1 saturated carbocycles. The SMILES string of the molecule is Oc1cc2nc3c(c(/N=C\C4CCCN(C5CCC5)C4)c2cc1O)CCC3. The van der Waals surface area contributed by atoms with Gasteiger partial charge >= 0.3 is 0 Å². The Morgan fingerprint density at radius 2 is 1.89 bits per heavy atom. The molecule has 1 saturated heterocycles. The minimum absolute atomic E-state index is 0.104. The van der Waals surface area contributed by atoms with Crippen LogP contribution in [0.25, 0.3) is 10.9 Å². The molecule has 0 radical (unpaired) electrons. The molecule has 5 heteroatoms. The highest BCUT2D eigenvalue weighted by Crippen LogP contribution is 2.40. The summed E-state index contributed by atoms with van der Waals surface area (Å²) in [6.07, 6.45) is 11.7. The smallest absolute Gasteiger partial charge is 0.159 e. The summed E-state index contributed by atoms with van der Waals surface area (Å²) < 4.78 is 0. The lowest BCUT2D eigenvalue weighted by atomic mass is 9.88. The number of aromatic hydroxyl groups is 2. The van der Waals surface area contributed by atoms with Gasteiger partial charge in [0.25, 0.3) is 0 Å². The Labute approximate surface area is 159 Å². The van der Waals surface area contributed by atoms with Gasteiger partial charge in [-0.25, -0.2) is 0 Å². The van der Waals surface area contributed by atoms with Crippen molar-refractivity contribution in [1.29, 1.82) is 0 Å². The number of nitrogens with zero attached hydrogens (tertiary/aromatic N) is 3. The molecule has 2 fully saturated rings. The summed E-state index contributed by atoms with van der Waals surface area (Å²) in [5.74, 6) is 0.268. The number of aromatic nitrogens is 1. The minimum atomic E-state index is -0.119. The lowest BCUT2D eigenvalue weighted by Crippen LogP contribution is -2.46. The molecule has 5 rings (SSSR count). The zero-order valence-corrected chi connectivity index (χ0v) is 15.7. The van der Waals surface area contributed by atoms with Gasteiger partial charge in [0.2, 0.25) is 0 Å². The second-order valence-electron chi connectivity index (χ2n) is 8.36. The molecule has 2 aliphatic carbocycles. The van der Waals surface area contributed by atoms with Crippen molar-refractivity contribution in [1.82, 2.24) is 9.88 Å². The maximum Gasteiger partial charge on any atom is 0.159 e. The molecule has 2 N–H and O–H groups in total. The van der Waals surface area contributed by atoms with E-state index in [0.717, 1.165) is 54.1 Å². The van der Waals surface area contributed by atoms with E-state index >= 15 is 0 Å². The van der Waals surface area contributed by atoms with Crippen LogP contribution in [0.4, 0.5) is 5.69 Å². The van der Waals surface area contributed by atoms with E-state index in [9.17, 15) is 10.2 Å². The van der Waals surface area contributed by atoms with Crippen LogP contribution in [0.5, 0.6) is 11.5 Å². The van der Waals surface area contributed by atoms with Crippen molar-refractivity contribution in [3.8, 4) is 11.5 Å². The van der Waals surface area contributed by atoms with E-state index in [1.165, 1.54) is 44.2 Å². The van der Waals surface area contributed by atoms with Crippen molar-refractivity contribution >= 4 is 22.8 Å². The first kappa shape index (κ1) is 17.0. The topological polar surface area (TPSA) is 69.0 Å². The number of phenolic OH excluding ortho intramolecular Hbond substituents is 2. The van der Waals surface area contributed by atoms with Crippen molar-refractivity contribution in [2.24, 2.45) is 10.9 Å². The Balaban J connectivity index is 1.48. The summed E-state index contributed by atoms with van der Waals surface area (Å²) in [6, 6.07) is 3.97. The molecule has 0 bridgehead atoms. The van der Waals surface area contributed by atoms with E-state index < -0.39 is 0 Å². The Morgan fingerprint density at radius 1 is 1.04 bits per heavy atom. The third kappa shape index (κ3) is 3.08. The van der Waals surface area contributed by atoms with Crippen LogP contribution in [0.3, 0.4) is 0 Å². The van der Waals surface area contributed by atoms with Gasteiger partial charge in [0.15, 0.2) is 11.5 Å². The fourth-order valence-electron chi connectivity index (χ4n) is 4.84. The number of pyridine rings is 1. The number of rotatable bonds is 3. The van der Waals surface area contributed by atoms with E-state index in [0.29, 0.717) is 5.92 Å². The maximum atomic E-state index is 10.0. The molecule has 1 aromatic carbocycles. The second kappa shape index (κ2) is 6.79. The van der Waals surface area contributed by atoms with E-state index in [2.05, 4.69) is 11.1 Å². The summed E-state index contributed by atoms with van der Waals surface area (Å²) in [5, 5.41) is 20.7. The first-order valence-electron chi connectivity index (χ1n) is 10.3. The van der Waals surface area contributed by atoms with E-state index in [1.54, 1.807) is 12.1 Å². The molecule has 1 unspecified atom stereocenters. The summed E-state index contributed by atoms with van der Waals surface area (Å²) in [4.78, 5) is 12.3. The Hall–Kier alpha value is -2.14. The molecular weight excluding hydrogens is 338 g/mol. The van der Waals surface area contributed by atoms with Gasteiger partial charge in [0, 0.05) is 41.9 Å². The lowest BCUT2D eigenvalue weighted by Gasteiger charge is -2.41. The van der Waals surface area contributed by atoms with Crippen molar-refractivity contribution in [3.05, 3.63) is 23.4 Å². The molecule has 3 aliphatic rings. The minimum Gasteiger partial charge on any atom is -0.504 e. The number of phenols is 2. The summed E-state index contributed by atoms with van der Waals surface area (Å²) >= 11 is 0. The second-order valence-corrected chi connectivity index (χ2v) is 8.36. The third-order valence-electron chi connectivity index (χ3n) is 6.57. The highest BCUT2D eigenvalue weighted by atomic mass is 16.3.